The van der Waals surface area contributed by atoms with Gasteiger partial charge in [0.05, 0.1) is 4.90 Å². The number of para-hydroxylation sites is 1. The molecule has 6 heteroatoms. The maximum absolute atomic E-state index is 11.6. The van der Waals surface area contributed by atoms with Gasteiger partial charge in [0.1, 0.15) is 5.75 Å². The molecule has 5 nitrogen and oxygen atoms in total. The first kappa shape index (κ1) is 14.4. The summed E-state index contributed by atoms with van der Waals surface area (Å²) in [4.78, 5) is 0.216. The third-order valence-corrected chi connectivity index (χ3v) is 4.34. The Labute approximate surface area is 118 Å². The Morgan fingerprint density at radius 2 is 1.70 bits per heavy atom. The molecule has 0 bridgehead atoms. The van der Waals surface area contributed by atoms with Crippen molar-refractivity contribution in [2.75, 3.05) is 12.4 Å². The standard InChI is InChI=1S/C14H16N2O3S/c1-15-20(18,19)13-8-6-12(7-9-13)16-10-11-4-2-3-5-14(11)17/h2-9,15-17H,10H2,1H3. The van der Waals surface area contributed by atoms with Crippen molar-refractivity contribution in [2.45, 2.75) is 11.4 Å². The van der Waals surface area contributed by atoms with Crippen molar-refractivity contribution >= 4 is 15.7 Å². The van der Waals surface area contributed by atoms with E-state index in [9.17, 15) is 13.5 Å². The zero-order valence-corrected chi connectivity index (χ0v) is 11.8. The highest BCUT2D eigenvalue weighted by atomic mass is 32.2. The van der Waals surface area contributed by atoms with E-state index in [-0.39, 0.29) is 10.6 Å². The first-order valence-electron chi connectivity index (χ1n) is 6.07. The van der Waals surface area contributed by atoms with E-state index in [1.54, 1.807) is 24.3 Å². The van der Waals surface area contributed by atoms with Crippen LogP contribution in [0.15, 0.2) is 53.4 Å². The van der Waals surface area contributed by atoms with Crippen molar-refractivity contribution in [3.8, 4) is 5.75 Å². The van der Waals surface area contributed by atoms with E-state index in [0.717, 1.165) is 11.3 Å². The molecule has 0 saturated carbocycles. The predicted molar refractivity (Wildman–Crippen MR) is 78.1 cm³/mol. The average Bonchev–Trinajstić information content (AvgIpc) is 2.47. The van der Waals surface area contributed by atoms with Crippen LogP contribution in [0.4, 0.5) is 5.69 Å². The number of rotatable bonds is 5. The number of phenolic OH excluding ortho intramolecular Hbond substituents is 1. The lowest BCUT2D eigenvalue weighted by Crippen LogP contribution is -2.18. The highest BCUT2D eigenvalue weighted by Gasteiger charge is 2.10. The molecule has 0 amide bonds. The Hall–Kier alpha value is -2.05. The number of sulfonamides is 1. The van der Waals surface area contributed by atoms with Crippen LogP contribution in [-0.2, 0) is 16.6 Å². The van der Waals surface area contributed by atoms with Gasteiger partial charge in [0.15, 0.2) is 0 Å². The van der Waals surface area contributed by atoms with Crippen LogP contribution >= 0.6 is 0 Å². The summed E-state index contributed by atoms with van der Waals surface area (Å²) in [6, 6.07) is 13.5. The van der Waals surface area contributed by atoms with Gasteiger partial charge in [-0.2, -0.15) is 0 Å². The Bertz CT molecular complexity index is 682. The van der Waals surface area contributed by atoms with E-state index in [1.807, 2.05) is 12.1 Å². The van der Waals surface area contributed by atoms with E-state index in [0.29, 0.717) is 6.54 Å². The smallest absolute Gasteiger partial charge is 0.240 e. The molecule has 0 spiro atoms. The number of hydrogen-bond donors (Lipinski definition) is 3. The summed E-state index contributed by atoms with van der Waals surface area (Å²) in [7, 11) is -2.03. The summed E-state index contributed by atoms with van der Waals surface area (Å²) in [6.07, 6.45) is 0. The quantitative estimate of drug-likeness (QED) is 0.786. The van der Waals surface area contributed by atoms with Gasteiger partial charge in [0, 0.05) is 17.8 Å². The Balaban J connectivity index is 2.07. The summed E-state index contributed by atoms with van der Waals surface area (Å²) in [5.41, 5.74) is 1.56. The largest absolute Gasteiger partial charge is 0.508 e. The second kappa shape index (κ2) is 5.94. The van der Waals surface area contributed by atoms with Gasteiger partial charge in [-0.3, -0.25) is 0 Å². The van der Waals surface area contributed by atoms with E-state index in [1.165, 1.54) is 19.2 Å². The van der Waals surface area contributed by atoms with Gasteiger partial charge in [0.25, 0.3) is 0 Å². The normalized spacial score (nSPS) is 11.2. The van der Waals surface area contributed by atoms with Gasteiger partial charge in [-0.15, -0.1) is 0 Å². The van der Waals surface area contributed by atoms with Gasteiger partial charge in [-0.05, 0) is 37.4 Å². The predicted octanol–water partition coefficient (Wildman–Crippen LogP) is 1.91. The van der Waals surface area contributed by atoms with Crippen molar-refractivity contribution in [2.24, 2.45) is 0 Å². The number of anilines is 1. The molecular weight excluding hydrogens is 276 g/mol. The molecule has 0 aliphatic heterocycles. The molecule has 0 radical (unpaired) electrons. The fraction of sp³-hybridized carbons (Fsp3) is 0.143. The molecule has 0 atom stereocenters. The molecule has 2 aromatic carbocycles. The lowest BCUT2D eigenvalue weighted by Gasteiger charge is -2.09. The topological polar surface area (TPSA) is 78.4 Å². The molecule has 2 rings (SSSR count). The fourth-order valence-corrected chi connectivity index (χ4v) is 2.46. The highest BCUT2D eigenvalue weighted by Crippen LogP contribution is 2.18. The van der Waals surface area contributed by atoms with E-state index in [2.05, 4.69) is 10.0 Å². The summed E-state index contributed by atoms with van der Waals surface area (Å²) < 4.78 is 25.4. The van der Waals surface area contributed by atoms with Gasteiger partial charge in [-0.1, -0.05) is 18.2 Å². The molecule has 0 aliphatic carbocycles. The van der Waals surface area contributed by atoms with Crippen molar-refractivity contribution in [3.63, 3.8) is 0 Å². The first-order valence-corrected chi connectivity index (χ1v) is 7.55. The average molecular weight is 292 g/mol. The Kier molecular flexibility index (Phi) is 4.26. The molecular formula is C14H16N2O3S. The van der Waals surface area contributed by atoms with Crippen molar-refractivity contribution < 1.29 is 13.5 Å². The van der Waals surface area contributed by atoms with Gasteiger partial charge in [0.2, 0.25) is 10.0 Å². The van der Waals surface area contributed by atoms with Crippen molar-refractivity contribution in [3.05, 3.63) is 54.1 Å². The third-order valence-electron chi connectivity index (χ3n) is 2.91. The number of hydrogen-bond acceptors (Lipinski definition) is 4. The van der Waals surface area contributed by atoms with Crippen molar-refractivity contribution in [1.29, 1.82) is 0 Å². The minimum absolute atomic E-state index is 0.216. The molecule has 2 aromatic rings. The lowest BCUT2D eigenvalue weighted by atomic mass is 10.2. The first-order chi connectivity index (χ1) is 9.53. The molecule has 0 aliphatic rings. The van der Waals surface area contributed by atoms with Crippen LogP contribution in [-0.4, -0.2) is 20.6 Å². The molecule has 0 heterocycles. The minimum Gasteiger partial charge on any atom is -0.508 e. The summed E-state index contributed by atoms with van der Waals surface area (Å²) >= 11 is 0. The Morgan fingerprint density at radius 1 is 1.05 bits per heavy atom. The zero-order valence-electron chi connectivity index (χ0n) is 11.0. The third kappa shape index (κ3) is 3.28. The number of aromatic hydroxyl groups is 1. The molecule has 0 unspecified atom stereocenters. The van der Waals surface area contributed by atoms with E-state index in [4.69, 9.17) is 0 Å². The second-order valence-corrected chi connectivity index (χ2v) is 6.10. The maximum atomic E-state index is 11.6. The zero-order chi connectivity index (χ0) is 14.6. The maximum Gasteiger partial charge on any atom is 0.240 e. The number of benzene rings is 2. The fourth-order valence-electron chi connectivity index (χ4n) is 1.73. The van der Waals surface area contributed by atoms with Crippen LogP contribution in [0.2, 0.25) is 0 Å². The summed E-state index contributed by atoms with van der Waals surface area (Å²) in [5.74, 6) is 0.231. The molecule has 0 fully saturated rings. The van der Waals surface area contributed by atoms with E-state index < -0.39 is 10.0 Å². The molecule has 3 N–H and O–H groups in total. The minimum atomic E-state index is -3.41. The van der Waals surface area contributed by atoms with Crippen LogP contribution in [0.3, 0.4) is 0 Å². The molecule has 20 heavy (non-hydrogen) atoms. The number of phenols is 1. The monoisotopic (exact) mass is 292 g/mol. The van der Waals surface area contributed by atoms with Crippen LogP contribution < -0.4 is 10.0 Å². The van der Waals surface area contributed by atoms with Gasteiger partial charge >= 0.3 is 0 Å². The van der Waals surface area contributed by atoms with Crippen LogP contribution in [0, 0.1) is 0 Å². The molecule has 0 saturated heterocycles. The summed E-state index contributed by atoms with van der Waals surface area (Å²) in [5, 5.41) is 12.8. The van der Waals surface area contributed by atoms with E-state index >= 15 is 0 Å². The molecule has 0 aromatic heterocycles. The Morgan fingerprint density at radius 3 is 2.30 bits per heavy atom. The van der Waals surface area contributed by atoms with Gasteiger partial charge in [-0.25, -0.2) is 13.1 Å². The van der Waals surface area contributed by atoms with Crippen LogP contribution in [0.5, 0.6) is 5.75 Å². The molecule has 106 valence electrons. The lowest BCUT2D eigenvalue weighted by molar-refractivity contribution is 0.469. The van der Waals surface area contributed by atoms with Crippen molar-refractivity contribution in [1.82, 2.24) is 4.72 Å². The number of nitrogens with one attached hydrogen (secondary N) is 2. The highest BCUT2D eigenvalue weighted by molar-refractivity contribution is 7.89. The van der Waals surface area contributed by atoms with Gasteiger partial charge < -0.3 is 10.4 Å². The summed E-state index contributed by atoms with van der Waals surface area (Å²) in [6.45, 7) is 0.463. The SMILES string of the molecule is CNS(=O)(=O)c1ccc(NCc2ccccc2O)cc1. The van der Waals surface area contributed by atoms with Crippen LogP contribution in [0.1, 0.15) is 5.56 Å². The second-order valence-electron chi connectivity index (χ2n) is 4.21. The van der Waals surface area contributed by atoms with Crippen LogP contribution in [0.25, 0.3) is 0 Å².